The molecule has 0 heterocycles. The zero-order valence-corrected chi connectivity index (χ0v) is 14.9. The molecule has 2 aromatic carbocycles. The van der Waals surface area contributed by atoms with Gasteiger partial charge in [0.2, 0.25) is 5.91 Å². The van der Waals surface area contributed by atoms with Gasteiger partial charge < -0.3 is 15.0 Å². The molecule has 0 aliphatic heterocycles. The molecule has 0 spiro atoms. The van der Waals surface area contributed by atoms with Gasteiger partial charge in [0, 0.05) is 30.9 Å². The summed E-state index contributed by atoms with van der Waals surface area (Å²) < 4.78 is 5.59. The van der Waals surface area contributed by atoms with E-state index in [2.05, 4.69) is 12.2 Å². The Morgan fingerprint density at radius 1 is 1.04 bits per heavy atom. The number of ether oxygens (including phenoxy) is 1. The number of anilines is 2. The van der Waals surface area contributed by atoms with Crippen molar-refractivity contribution in [2.24, 2.45) is 0 Å². The third-order valence-electron chi connectivity index (χ3n) is 3.87. The molecule has 0 aliphatic carbocycles. The fourth-order valence-electron chi connectivity index (χ4n) is 2.19. The van der Waals surface area contributed by atoms with Gasteiger partial charge in [-0.05, 0) is 55.0 Å². The molecule has 0 aliphatic rings. The molecule has 0 aromatic heterocycles. The molecule has 0 bridgehead atoms. The van der Waals surface area contributed by atoms with Crippen LogP contribution in [0.3, 0.4) is 0 Å². The van der Waals surface area contributed by atoms with E-state index in [0.29, 0.717) is 17.9 Å². The van der Waals surface area contributed by atoms with Gasteiger partial charge in [-0.25, -0.2) is 0 Å². The first kappa shape index (κ1) is 18.5. The summed E-state index contributed by atoms with van der Waals surface area (Å²) in [6.07, 6.45) is 2.10. The summed E-state index contributed by atoms with van der Waals surface area (Å²) in [6.45, 7) is 4.30. The molecule has 0 saturated carbocycles. The highest BCUT2D eigenvalue weighted by Gasteiger charge is 2.08. The topological polar surface area (TPSA) is 58.6 Å². The van der Waals surface area contributed by atoms with Crippen LogP contribution in [-0.2, 0) is 4.79 Å². The second-order valence-electron chi connectivity index (χ2n) is 5.81. The number of nitrogens with one attached hydrogen (secondary N) is 1. The van der Waals surface area contributed by atoms with Crippen LogP contribution in [0.25, 0.3) is 0 Å². The minimum absolute atomic E-state index is 0.0435. The van der Waals surface area contributed by atoms with E-state index < -0.39 is 0 Å². The Labute approximate surface area is 148 Å². The average Bonchev–Trinajstić information content (AvgIpc) is 2.62. The van der Waals surface area contributed by atoms with Crippen LogP contribution in [0.1, 0.15) is 37.0 Å². The molecule has 1 N–H and O–H groups in total. The smallest absolute Gasteiger partial charge is 0.255 e. The van der Waals surface area contributed by atoms with Crippen LogP contribution in [0, 0.1) is 0 Å². The van der Waals surface area contributed by atoms with Crippen molar-refractivity contribution in [2.45, 2.75) is 26.7 Å². The van der Waals surface area contributed by atoms with Crippen molar-refractivity contribution in [2.75, 3.05) is 23.9 Å². The molecule has 0 unspecified atom stereocenters. The first-order valence-electron chi connectivity index (χ1n) is 8.40. The van der Waals surface area contributed by atoms with Crippen molar-refractivity contribution in [1.82, 2.24) is 0 Å². The molecule has 5 heteroatoms. The van der Waals surface area contributed by atoms with E-state index in [4.69, 9.17) is 4.74 Å². The molecule has 132 valence electrons. The van der Waals surface area contributed by atoms with Gasteiger partial charge >= 0.3 is 0 Å². The molecule has 0 saturated heterocycles. The summed E-state index contributed by atoms with van der Waals surface area (Å²) in [4.78, 5) is 25.2. The van der Waals surface area contributed by atoms with Gasteiger partial charge in [0.25, 0.3) is 5.91 Å². The Morgan fingerprint density at radius 2 is 1.68 bits per heavy atom. The fraction of sp³-hybridized carbons (Fsp3) is 0.300. The molecule has 5 nitrogen and oxygen atoms in total. The van der Waals surface area contributed by atoms with Gasteiger partial charge in [-0.2, -0.15) is 0 Å². The lowest BCUT2D eigenvalue weighted by Gasteiger charge is -2.15. The predicted octanol–water partition coefficient (Wildman–Crippen LogP) is 4.10. The molecule has 2 aromatic rings. The van der Waals surface area contributed by atoms with Gasteiger partial charge in [-0.1, -0.05) is 13.3 Å². The van der Waals surface area contributed by atoms with Gasteiger partial charge in [-0.15, -0.1) is 0 Å². The van der Waals surface area contributed by atoms with Gasteiger partial charge in [0.05, 0.1) is 6.61 Å². The summed E-state index contributed by atoms with van der Waals surface area (Å²) in [5.41, 5.74) is 2.01. The lowest BCUT2D eigenvalue weighted by Crippen LogP contribution is -2.22. The SMILES string of the molecule is CCCCOc1ccc(C(=O)Nc2ccc(N(C)C(C)=O)cc2)cc1. The maximum absolute atomic E-state index is 12.3. The predicted molar refractivity (Wildman–Crippen MR) is 100 cm³/mol. The van der Waals surface area contributed by atoms with Crippen LogP contribution in [0.4, 0.5) is 11.4 Å². The van der Waals surface area contributed by atoms with Crippen molar-refractivity contribution in [1.29, 1.82) is 0 Å². The van der Waals surface area contributed by atoms with Crippen LogP contribution in [0.15, 0.2) is 48.5 Å². The van der Waals surface area contributed by atoms with E-state index in [1.165, 1.54) is 6.92 Å². The number of rotatable bonds is 7. The van der Waals surface area contributed by atoms with Gasteiger partial charge in [0.15, 0.2) is 0 Å². The fourth-order valence-corrected chi connectivity index (χ4v) is 2.19. The maximum atomic E-state index is 12.3. The molecule has 2 rings (SSSR count). The number of carbonyl (C=O) groups is 2. The summed E-state index contributed by atoms with van der Waals surface area (Å²) in [7, 11) is 1.71. The zero-order chi connectivity index (χ0) is 18.2. The standard InChI is InChI=1S/C20H24N2O3/c1-4-5-14-25-19-12-6-16(7-13-19)20(24)21-17-8-10-18(11-9-17)22(3)15(2)23/h6-13H,4-5,14H2,1-3H3,(H,21,24). The van der Waals surface area contributed by atoms with E-state index in [1.54, 1.807) is 60.5 Å². The van der Waals surface area contributed by atoms with Crippen molar-refractivity contribution in [3.05, 3.63) is 54.1 Å². The Morgan fingerprint density at radius 3 is 2.24 bits per heavy atom. The molecular formula is C20H24N2O3. The molecule has 0 fully saturated rings. The van der Waals surface area contributed by atoms with E-state index >= 15 is 0 Å². The Balaban J connectivity index is 1.96. The number of unbranched alkanes of at least 4 members (excludes halogenated alkanes) is 1. The number of amides is 2. The van der Waals surface area contributed by atoms with Crippen molar-refractivity contribution < 1.29 is 14.3 Å². The highest BCUT2D eigenvalue weighted by molar-refractivity contribution is 6.04. The van der Waals surface area contributed by atoms with Gasteiger partial charge in [-0.3, -0.25) is 9.59 Å². The third-order valence-corrected chi connectivity index (χ3v) is 3.87. The molecule has 25 heavy (non-hydrogen) atoms. The third kappa shape index (κ3) is 5.35. The van der Waals surface area contributed by atoms with Crippen molar-refractivity contribution >= 4 is 23.2 Å². The Hall–Kier alpha value is -2.82. The minimum atomic E-state index is -0.187. The van der Waals surface area contributed by atoms with E-state index in [0.717, 1.165) is 24.3 Å². The number of carbonyl (C=O) groups excluding carboxylic acids is 2. The second kappa shape index (κ2) is 8.87. The summed E-state index contributed by atoms with van der Waals surface area (Å²) in [5.74, 6) is 0.535. The van der Waals surface area contributed by atoms with Crippen LogP contribution >= 0.6 is 0 Å². The highest BCUT2D eigenvalue weighted by Crippen LogP contribution is 2.18. The first-order chi connectivity index (χ1) is 12.0. The van der Waals surface area contributed by atoms with E-state index in [1.807, 2.05) is 0 Å². The molecular weight excluding hydrogens is 316 g/mol. The van der Waals surface area contributed by atoms with Crippen molar-refractivity contribution in [3.8, 4) is 5.75 Å². The first-order valence-corrected chi connectivity index (χ1v) is 8.40. The lowest BCUT2D eigenvalue weighted by atomic mass is 10.2. The van der Waals surface area contributed by atoms with Crippen LogP contribution < -0.4 is 15.0 Å². The van der Waals surface area contributed by atoms with Crippen LogP contribution in [0.5, 0.6) is 5.75 Å². The monoisotopic (exact) mass is 340 g/mol. The Bertz CT molecular complexity index is 709. The molecule has 2 amide bonds. The quantitative estimate of drug-likeness (QED) is 0.772. The number of hydrogen-bond acceptors (Lipinski definition) is 3. The minimum Gasteiger partial charge on any atom is -0.494 e. The lowest BCUT2D eigenvalue weighted by molar-refractivity contribution is -0.116. The van der Waals surface area contributed by atoms with E-state index in [-0.39, 0.29) is 11.8 Å². The van der Waals surface area contributed by atoms with Crippen molar-refractivity contribution in [3.63, 3.8) is 0 Å². The largest absolute Gasteiger partial charge is 0.494 e. The average molecular weight is 340 g/mol. The molecule has 0 atom stereocenters. The number of nitrogens with zero attached hydrogens (tertiary/aromatic N) is 1. The maximum Gasteiger partial charge on any atom is 0.255 e. The summed E-state index contributed by atoms with van der Waals surface area (Å²) in [6, 6.07) is 14.2. The number of hydrogen-bond donors (Lipinski definition) is 1. The van der Waals surface area contributed by atoms with Gasteiger partial charge in [0.1, 0.15) is 5.75 Å². The summed E-state index contributed by atoms with van der Waals surface area (Å²) in [5, 5.41) is 2.84. The number of benzene rings is 2. The van der Waals surface area contributed by atoms with E-state index in [9.17, 15) is 9.59 Å². The Kier molecular flexibility index (Phi) is 6.57. The normalized spacial score (nSPS) is 10.2. The zero-order valence-electron chi connectivity index (χ0n) is 14.9. The summed E-state index contributed by atoms with van der Waals surface area (Å²) >= 11 is 0. The highest BCUT2D eigenvalue weighted by atomic mass is 16.5. The van der Waals surface area contributed by atoms with Crippen LogP contribution in [-0.4, -0.2) is 25.5 Å². The van der Waals surface area contributed by atoms with Crippen LogP contribution in [0.2, 0.25) is 0 Å². The molecule has 0 radical (unpaired) electrons. The second-order valence-corrected chi connectivity index (χ2v) is 5.81.